The fourth-order valence-corrected chi connectivity index (χ4v) is 3.74. The van der Waals surface area contributed by atoms with Gasteiger partial charge in [-0.1, -0.05) is 36.4 Å². The van der Waals surface area contributed by atoms with Gasteiger partial charge in [-0.2, -0.15) is 0 Å². The molecule has 31 heavy (non-hydrogen) atoms. The molecule has 2 aromatic carbocycles. The van der Waals surface area contributed by atoms with Gasteiger partial charge in [0.25, 0.3) is 5.69 Å². The molecule has 0 spiro atoms. The van der Waals surface area contributed by atoms with Crippen molar-refractivity contribution in [3.63, 3.8) is 0 Å². The van der Waals surface area contributed by atoms with Gasteiger partial charge in [0.15, 0.2) is 0 Å². The van der Waals surface area contributed by atoms with Gasteiger partial charge in [-0.15, -0.1) is 0 Å². The summed E-state index contributed by atoms with van der Waals surface area (Å²) in [4.78, 5) is 30.9. The van der Waals surface area contributed by atoms with Crippen molar-refractivity contribution in [3.8, 4) is 5.75 Å². The number of carbonyl (C=O) groups is 1. The average molecular weight is 420 g/mol. The highest BCUT2D eigenvalue weighted by Crippen LogP contribution is 2.25. The Kier molecular flexibility index (Phi) is 6.26. The molecule has 160 valence electrons. The van der Waals surface area contributed by atoms with E-state index in [0.29, 0.717) is 51.4 Å². The molecular weight excluding hydrogens is 396 g/mol. The number of nitro groups is 1. The van der Waals surface area contributed by atoms with Crippen LogP contribution in [0.5, 0.6) is 5.75 Å². The quantitative estimate of drug-likeness (QED) is 0.329. The Morgan fingerprint density at radius 1 is 1.03 bits per heavy atom. The SMILES string of the molecule is O=C(CCCOc1cccc2ccccc12)N1CCN(c2ccc([N+](=O)[O-])cn2)CC1. The predicted molar refractivity (Wildman–Crippen MR) is 118 cm³/mol. The van der Waals surface area contributed by atoms with Crippen LogP contribution in [0, 0.1) is 10.1 Å². The Morgan fingerprint density at radius 3 is 2.55 bits per heavy atom. The summed E-state index contributed by atoms with van der Waals surface area (Å²) >= 11 is 0. The summed E-state index contributed by atoms with van der Waals surface area (Å²) in [5.74, 6) is 1.66. The van der Waals surface area contributed by atoms with Gasteiger partial charge in [-0.25, -0.2) is 4.98 Å². The smallest absolute Gasteiger partial charge is 0.287 e. The molecule has 1 aliphatic rings. The monoisotopic (exact) mass is 420 g/mol. The fourth-order valence-electron chi connectivity index (χ4n) is 3.74. The van der Waals surface area contributed by atoms with Crippen LogP contribution in [0.1, 0.15) is 12.8 Å². The third-order valence-electron chi connectivity index (χ3n) is 5.44. The number of ether oxygens (including phenoxy) is 1. The first-order valence-electron chi connectivity index (χ1n) is 10.4. The van der Waals surface area contributed by atoms with Gasteiger partial charge < -0.3 is 14.5 Å². The van der Waals surface area contributed by atoms with Crippen LogP contribution < -0.4 is 9.64 Å². The number of nitrogens with zero attached hydrogens (tertiary/aromatic N) is 4. The third-order valence-corrected chi connectivity index (χ3v) is 5.44. The Hall–Kier alpha value is -3.68. The van der Waals surface area contributed by atoms with E-state index in [2.05, 4.69) is 17.1 Å². The molecule has 1 aliphatic heterocycles. The lowest BCUT2D eigenvalue weighted by molar-refractivity contribution is -0.385. The van der Waals surface area contributed by atoms with E-state index in [0.717, 1.165) is 16.5 Å². The van der Waals surface area contributed by atoms with E-state index in [-0.39, 0.29) is 11.6 Å². The molecular formula is C23H24N4O4. The van der Waals surface area contributed by atoms with Crippen LogP contribution in [0.3, 0.4) is 0 Å². The molecule has 0 saturated carbocycles. The van der Waals surface area contributed by atoms with Crippen LogP contribution in [0.15, 0.2) is 60.8 Å². The second kappa shape index (κ2) is 9.42. The minimum Gasteiger partial charge on any atom is -0.493 e. The summed E-state index contributed by atoms with van der Waals surface area (Å²) in [6.07, 6.45) is 2.37. The number of piperazine rings is 1. The zero-order valence-electron chi connectivity index (χ0n) is 17.1. The summed E-state index contributed by atoms with van der Waals surface area (Å²) in [7, 11) is 0. The molecule has 8 heteroatoms. The van der Waals surface area contributed by atoms with E-state index in [1.165, 1.54) is 12.3 Å². The lowest BCUT2D eigenvalue weighted by Gasteiger charge is -2.35. The molecule has 0 N–H and O–H groups in total. The van der Waals surface area contributed by atoms with E-state index < -0.39 is 4.92 Å². The zero-order chi connectivity index (χ0) is 21.6. The lowest BCUT2D eigenvalue weighted by Crippen LogP contribution is -2.49. The van der Waals surface area contributed by atoms with Crippen LogP contribution in [0.4, 0.5) is 11.5 Å². The number of pyridine rings is 1. The maximum atomic E-state index is 12.5. The standard InChI is InChI=1S/C23H24N4O4/c28-23(9-4-16-31-21-8-3-6-18-5-1-2-7-20(18)21)26-14-12-25(13-15-26)22-11-10-19(17-24-22)27(29)30/h1-3,5-8,10-11,17H,4,9,12-16H2. The summed E-state index contributed by atoms with van der Waals surface area (Å²) in [5.41, 5.74) is -0.0247. The van der Waals surface area contributed by atoms with Crippen LogP contribution in [0.25, 0.3) is 10.8 Å². The highest BCUT2D eigenvalue weighted by atomic mass is 16.6. The molecule has 1 saturated heterocycles. The molecule has 1 amide bonds. The maximum absolute atomic E-state index is 12.5. The first-order valence-corrected chi connectivity index (χ1v) is 10.4. The second-order valence-electron chi connectivity index (χ2n) is 7.43. The van der Waals surface area contributed by atoms with Gasteiger partial charge >= 0.3 is 0 Å². The van der Waals surface area contributed by atoms with Gasteiger partial charge in [0.05, 0.1) is 11.5 Å². The Morgan fingerprint density at radius 2 is 1.81 bits per heavy atom. The van der Waals surface area contributed by atoms with Gasteiger partial charge in [-0.05, 0) is 23.9 Å². The van der Waals surface area contributed by atoms with E-state index in [1.54, 1.807) is 6.07 Å². The first-order chi connectivity index (χ1) is 15.1. The number of aromatic nitrogens is 1. The van der Waals surface area contributed by atoms with Crippen molar-refractivity contribution in [3.05, 3.63) is 70.9 Å². The third kappa shape index (κ3) is 4.91. The van der Waals surface area contributed by atoms with Crippen molar-refractivity contribution in [2.75, 3.05) is 37.7 Å². The number of anilines is 1. The number of hydrogen-bond donors (Lipinski definition) is 0. The number of carbonyl (C=O) groups excluding carboxylic acids is 1. The number of rotatable bonds is 7. The molecule has 0 radical (unpaired) electrons. The zero-order valence-corrected chi connectivity index (χ0v) is 17.1. The Balaban J connectivity index is 1.22. The predicted octanol–water partition coefficient (Wildman–Crippen LogP) is 3.65. The van der Waals surface area contributed by atoms with Gasteiger partial charge in [0.2, 0.25) is 5.91 Å². The Labute approximate surface area is 180 Å². The highest BCUT2D eigenvalue weighted by molar-refractivity contribution is 5.88. The highest BCUT2D eigenvalue weighted by Gasteiger charge is 2.22. The van der Waals surface area contributed by atoms with Crippen molar-refractivity contribution in [2.24, 2.45) is 0 Å². The van der Waals surface area contributed by atoms with E-state index in [4.69, 9.17) is 4.74 Å². The molecule has 0 atom stereocenters. The second-order valence-corrected chi connectivity index (χ2v) is 7.43. The first kappa shape index (κ1) is 20.6. The molecule has 1 aromatic heterocycles. The van der Waals surface area contributed by atoms with Crippen molar-refractivity contribution >= 4 is 28.2 Å². The number of hydrogen-bond acceptors (Lipinski definition) is 6. The largest absolute Gasteiger partial charge is 0.493 e. The van der Waals surface area contributed by atoms with E-state index in [9.17, 15) is 14.9 Å². The topological polar surface area (TPSA) is 88.8 Å². The molecule has 0 aliphatic carbocycles. The van der Waals surface area contributed by atoms with Crippen LogP contribution >= 0.6 is 0 Å². The van der Waals surface area contributed by atoms with E-state index in [1.807, 2.05) is 40.1 Å². The van der Waals surface area contributed by atoms with Crippen molar-refractivity contribution in [1.82, 2.24) is 9.88 Å². The summed E-state index contributed by atoms with van der Waals surface area (Å²) in [5, 5.41) is 13.0. The van der Waals surface area contributed by atoms with Crippen molar-refractivity contribution < 1.29 is 14.5 Å². The Bertz CT molecular complexity index is 1060. The summed E-state index contributed by atoms with van der Waals surface area (Å²) < 4.78 is 5.92. The van der Waals surface area contributed by atoms with Crippen LogP contribution in [-0.2, 0) is 4.79 Å². The normalized spacial score (nSPS) is 13.9. The van der Waals surface area contributed by atoms with Crippen LogP contribution in [-0.4, -0.2) is 53.5 Å². The number of amides is 1. The minimum atomic E-state index is -0.461. The lowest BCUT2D eigenvalue weighted by atomic mass is 10.1. The summed E-state index contributed by atoms with van der Waals surface area (Å²) in [6, 6.07) is 17.2. The van der Waals surface area contributed by atoms with Crippen molar-refractivity contribution in [2.45, 2.75) is 12.8 Å². The molecule has 8 nitrogen and oxygen atoms in total. The molecule has 2 heterocycles. The molecule has 1 fully saturated rings. The number of benzene rings is 2. The molecule has 0 bridgehead atoms. The minimum absolute atomic E-state index is 0.0247. The van der Waals surface area contributed by atoms with Gasteiger partial charge in [0, 0.05) is 44.1 Å². The summed E-state index contributed by atoms with van der Waals surface area (Å²) in [6.45, 7) is 3.03. The van der Waals surface area contributed by atoms with Crippen LogP contribution in [0.2, 0.25) is 0 Å². The number of fused-ring (bicyclic) bond motifs is 1. The fraction of sp³-hybridized carbons (Fsp3) is 0.304. The maximum Gasteiger partial charge on any atom is 0.287 e. The average Bonchev–Trinajstić information content (AvgIpc) is 2.82. The van der Waals surface area contributed by atoms with Gasteiger partial charge in [0.1, 0.15) is 17.8 Å². The van der Waals surface area contributed by atoms with Gasteiger partial charge in [-0.3, -0.25) is 14.9 Å². The van der Waals surface area contributed by atoms with Crippen molar-refractivity contribution in [1.29, 1.82) is 0 Å². The van der Waals surface area contributed by atoms with E-state index >= 15 is 0 Å². The molecule has 4 rings (SSSR count). The molecule has 3 aromatic rings. The molecule has 0 unspecified atom stereocenters.